The predicted octanol–water partition coefficient (Wildman–Crippen LogP) is 2.85. The summed E-state index contributed by atoms with van der Waals surface area (Å²) in [7, 11) is 0. The summed E-state index contributed by atoms with van der Waals surface area (Å²) in [5.74, 6) is 0. The Morgan fingerprint density at radius 1 is 1.83 bits per heavy atom. The van der Waals surface area contributed by atoms with Crippen LogP contribution in [0.5, 0.6) is 0 Å². The smallest absolute Gasteiger partial charge is 0.0938 e. The van der Waals surface area contributed by atoms with Crippen LogP contribution in [0.1, 0.15) is 11.0 Å². The first-order valence-electron chi connectivity index (χ1n) is 3.17. The molecule has 12 heavy (non-hydrogen) atoms. The Labute approximate surface area is 81.6 Å². The van der Waals surface area contributed by atoms with Crippen LogP contribution in [-0.4, -0.2) is 11.7 Å². The van der Waals surface area contributed by atoms with E-state index in [0.717, 1.165) is 9.35 Å². The summed E-state index contributed by atoms with van der Waals surface area (Å²) in [5.41, 5.74) is 8.01. The van der Waals surface area contributed by atoms with Crippen molar-refractivity contribution in [3.8, 4) is 0 Å². The Kier molecular flexibility index (Phi) is 3.55. The summed E-state index contributed by atoms with van der Waals surface area (Å²) in [4.78, 5) is 3.37. The second-order valence-corrected chi connectivity index (χ2v) is 3.96. The highest BCUT2D eigenvalue weighted by Crippen LogP contribution is 2.25. The molecule has 1 rings (SSSR count). The van der Waals surface area contributed by atoms with Crippen molar-refractivity contribution in [2.75, 3.05) is 6.54 Å². The van der Waals surface area contributed by atoms with Gasteiger partial charge in [-0.05, 0) is 27.5 Å². The first kappa shape index (κ1) is 9.54. The molecule has 6 heteroatoms. The number of hydrogen-bond acceptors (Lipinski definition) is 3. The van der Waals surface area contributed by atoms with E-state index in [4.69, 9.17) is 5.53 Å². The summed E-state index contributed by atoms with van der Waals surface area (Å²) in [6, 6.07) is 1.81. The minimum absolute atomic E-state index is 0.0868. The number of aliphatic hydroxyl groups is 1. The van der Waals surface area contributed by atoms with Gasteiger partial charge in [0, 0.05) is 19.6 Å². The number of hydrogen-bond donors (Lipinski definition) is 1. The fraction of sp³-hybridized carbons (Fsp3) is 0.333. The van der Waals surface area contributed by atoms with E-state index >= 15 is 0 Å². The number of thiophene rings is 1. The Balaban J connectivity index is 2.64. The van der Waals surface area contributed by atoms with Crippen molar-refractivity contribution in [1.29, 1.82) is 0 Å². The van der Waals surface area contributed by atoms with Crippen molar-refractivity contribution in [3.63, 3.8) is 0 Å². The van der Waals surface area contributed by atoms with Crippen LogP contribution in [0.25, 0.3) is 10.4 Å². The topological polar surface area (TPSA) is 69.0 Å². The number of rotatable bonds is 3. The lowest BCUT2D eigenvalue weighted by atomic mass is 10.3. The Morgan fingerprint density at radius 2 is 2.58 bits per heavy atom. The molecule has 0 aliphatic carbocycles. The Bertz CT molecular complexity index is 307. The summed E-state index contributed by atoms with van der Waals surface area (Å²) in [5, 5.41) is 14.5. The normalized spacial score (nSPS) is 12.2. The average molecular weight is 248 g/mol. The number of azide groups is 1. The minimum atomic E-state index is -0.683. The van der Waals surface area contributed by atoms with Crippen LogP contribution in [0.15, 0.2) is 21.0 Å². The van der Waals surface area contributed by atoms with Gasteiger partial charge in [0.25, 0.3) is 0 Å². The van der Waals surface area contributed by atoms with E-state index in [1.54, 1.807) is 0 Å². The molecule has 0 unspecified atom stereocenters. The van der Waals surface area contributed by atoms with Crippen LogP contribution >= 0.6 is 27.3 Å². The quantitative estimate of drug-likeness (QED) is 0.498. The second-order valence-electron chi connectivity index (χ2n) is 2.10. The third-order valence-corrected chi connectivity index (χ3v) is 3.03. The Hall–Kier alpha value is -0.550. The highest BCUT2D eigenvalue weighted by atomic mass is 79.9. The lowest BCUT2D eigenvalue weighted by Gasteiger charge is -2.01. The fourth-order valence-corrected chi connectivity index (χ4v) is 2.13. The van der Waals surface area contributed by atoms with E-state index in [-0.39, 0.29) is 6.54 Å². The van der Waals surface area contributed by atoms with Gasteiger partial charge in [-0.1, -0.05) is 5.11 Å². The molecule has 0 amide bonds. The zero-order valence-corrected chi connectivity index (χ0v) is 8.42. The molecule has 1 heterocycles. The maximum absolute atomic E-state index is 9.39. The SMILES string of the molecule is [N-]=[N+]=NC[C@@H](O)c1cc(Br)cs1. The van der Waals surface area contributed by atoms with Gasteiger partial charge in [-0.25, -0.2) is 0 Å². The van der Waals surface area contributed by atoms with Crippen molar-refractivity contribution >= 4 is 27.3 Å². The van der Waals surface area contributed by atoms with Gasteiger partial charge >= 0.3 is 0 Å². The first-order chi connectivity index (χ1) is 5.74. The van der Waals surface area contributed by atoms with Crippen molar-refractivity contribution in [2.24, 2.45) is 5.11 Å². The molecule has 1 aromatic rings. The van der Waals surface area contributed by atoms with E-state index < -0.39 is 6.10 Å². The second kappa shape index (κ2) is 4.47. The lowest BCUT2D eigenvalue weighted by Crippen LogP contribution is -1.97. The van der Waals surface area contributed by atoms with Crippen molar-refractivity contribution in [1.82, 2.24) is 0 Å². The van der Waals surface area contributed by atoms with Crippen LogP contribution in [0.3, 0.4) is 0 Å². The van der Waals surface area contributed by atoms with E-state index in [1.165, 1.54) is 11.3 Å². The van der Waals surface area contributed by atoms with Crippen molar-refractivity contribution < 1.29 is 5.11 Å². The van der Waals surface area contributed by atoms with E-state index in [1.807, 2.05) is 11.4 Å². The van der Waals surface area contributed by atoms with Gasteiger partial charge in [0.2, 0.25) is 0 Å². The molecule has 0 radical (unpaired) electrons. The van der Waals surface area contributed by atoms with Gasteiger partial charge in [-0.2, -0.15) is 0 Å². The number of nitrogens with zero attached hydrogens (tertiary/aromatic N) is 3. The molecule has 1 aromatic heterocycles. The van der Waals surface area contributed by atoms with Crippen LogP contribution in [0, 0.1) is 0 Å². The summed E-state index contributed by atoms with van der Waals surface area (Å²) in [6.45, 7) is 0.0868. The third-order valence-electron chi connectivity index (χ3n) is 1.23. The largest absolute Gasteiger partial charge is 0.387 e. The average Bonchev–Trinajstić information content (AvgIpc) is 2.47. The summed E-state index contributed by atoms with van der Waals surface area (Å²) >= 11 is 4.69. The van der Waals surface area contributed by atoms with Crippen LogP contribution in [-0.2, 0) is 0 Å². The molecule has 4 nitrogen and oxygen atoms in total. The first-order valence-corrected chi connectivity index (χ1v) is 4.84. The van der Waals surface area contributed by atoms with Gasteiger partial charge < -0.3 is 5.11 Å². The van der Waals surface area contributed by atoms with Gasteiger partial charge in [-0.3, -0.25) is 0 Å². The monoisotopic (exact) mass is 247 g/mol. The molecule has 0 spiro atoms. The molecule has 0 fully saturated rings. The molecule has 0 aliphatic heterocycles. The standard InChI is InChI=1S/C6H6BrN3OS/c7-4-1-6(12-3-4)5(11)2-9-10-8/h1,3,5,11H,2H2/t5-/m1/s1. The molecule has 1 N–H and O–H groups in total. The zero-order valence-electron chi connectivity index (χ0n) is 6.01. The van der Waals surface area contributed by atoms with Crippen LogP contribution in [0.4, 0.5) is 0 Å². The third kappa shape index (κ3) is 2.49. The van der Waals surface area contributed by atoms with Gasteiger partial charge in [-0.15, -0.1) is 11.3 Å². The number of halogens is 1. The lowest BCUT2D eigenvalue weighted by molar-refractivity contribution is 0.190. The molecule has 0 aliphatic rings. The molecular formula is C6H6BrN3OS. The van der Waals surface area contributed by atoms with Crippen molar-refractivity contribution in [2.45, 2.75) is 6.10 Å². The van der Waals surface area contributed by atoms with Crippen molar-refractivity contribution in [3.05, 3.63) is 31.2 Å². The Morgan fingerprint density at radius 3 is 3.08 bits per heavy atom. The summed E-state index contributed by atoms with van der Waals surface area (Å²) < 4.78 is 0.933. The molecule has 0 aromatic carbocycles. The van der Waals surface area contributed by atoms with E-state index in [9.17, 15) is 5.11 Å². The highest BCUT2D eigenvalue weighted by molar-refractivity contribution is 9.10. The summed E-state index contributed by atoms with van der Waals surface area (Å²) in [6.07, 6.45) is -0.683. The highest BCUT2D eigenvalue weighted by Gasteiger charge is 2.07. The van der Waals surface area contributed by atoms with Gasteiger partial charge in [0.15, 0.2) is 0 Å². The number of aliphatic hydroxyl groups excluding tert-OH is 1. The maximum Gasteiger partial charge on any atom is 0.0938 e. The zero-order chi connectivity index (χ0) is 8.97. The van der Waals surface area contributed by atoms with E-state index in [2.05, 4.69) is 26.0 Å². The van der Waals surface area contributed by atoms with Crippen LogP contribution in [0.2, 0.25) is 0 Å². The minimum Gasteiger partial charge on any atom is -0.387 e. The molecule has 0 saturated carbocycles. The predicted molar refractivity (Wildman–Crippen MR) is 51.0 cm³/mol. The van der Waals surface area contributed by atoms with E-state index in [0.29, 0.717) is 0 Å². The molecule has 64 valence electrons. The molecule has 0 bridgehead atoms. The van der Waals surface area contributed by atoms with Gasteiger partial charge in [0.05, 0.1) is 12.6 Å². The van der Waals surface area contributed by atoms with Crippen LogP contribution < -0.4 is 0 Å². The molecule has 0 saturated heterocycles. The maximum atomic E-state index is 9.39. The molecule has 1 atom stereocenters. The fourth-order valence-electron chi connectivity index (χ4n) is 0.707. The van der Waals surface area contributed by atoms with Gasteiger partial charge in [0.1, 0.15) is 0 Å². The molecular weight excluding hydrogens is 242 g/mol.